The van der Waals surface area contributed by atoms with Crippen LogP contribution in [0.2, 0.25) is 0 Å². The van der Waals surface area contributed by atoms with Crippen LogP contribution in [0.4, 0.5) is 18.9 Å². The maximum Gasteiger partial charge on any atom is 0.416 e. The second-order valence-electron chi connectivity index (χ2n) is 5.66. The van der Waals surface area contributed by atoms with Crippen molar-refractivity contribution in [3.05, 3.63) is 59.7 Å². The fraction of sp³-hybridized carbons (Fsp3) is 0.235. The predicted molar refractivity (Wildman–Crippen MR) is 93.7 cm³/mol. The molecule has 0 aromatic heterocycles. The molecule has 0 bridgehead atoms. The summed E-state index contributed by atoms with van der Waals surface area (Å²) >= 11 is 0. The zero-order valence-electron chi connectivity index (χ0n) is 14.2. The summed E-state index contributed by atoms with van der Waals surface area (Å²) in [5.41, 5.74) is 0.221. The van der Waals surface area contributed by atoms with Crippen molar-refractivity contribution in [2.24, 2.45) is 0 Å². The van der Waals surface area contributed by atoms with E-state index < -0.39 is 27.7 Å². The van der Waals surface area contributed by atoms with Crippen molar-refractivity contribution in [3.63, 3.8) is 0 Å². The largest absolute Gasteiger partial charge is 0.484 e. The van der Waals surface area contributed by atoms with Gasteiger partial charge >= 0.3 is 6.18 Å². The van der Waals surface area contributed by atoms with Gasteiger partial charge in [0.1, 0.15) is 5.75 Å². The third-order valence-electron chi connectivity index (χ3n) is 3.27. The first kappa shape index (κ1) is 20.6. The van der Waals surface area contributed by atoms with E-state index in [9.17, 15) is 26.4 Å². The SMILES string of the molecule is CS(=O)(=O)Nc1cccc(CNC(=O)COc2ccc(C(F)(F)F)cc2)c1. The zero-order chi connectivity index (χ0) is 20.1. The highest BCUT2D eigenvalue weighted by atomic mass is 32.2. The summed E-state index contributed by atoms with van der Waals surface area (Å²) in [6.07, 6.45) is -3.41. The Kier molecular flexibility index (Phi) is 6.32. The maximum absolute atomic E-state index is 12.5. The Morgan fingerprint density at radius 3 is 2.37 bits per heavy atom. The van der Waals surface area contributed by atoms with Crippen LogP contribution in [-0.2, 0) is 27.5 Å². The fourth-order valence-corrected chi connectivity index (χ4v) is 2.65. The summed E-state index contributed by atoms with van der Waals surface area (Å²) in [5.74, 6) is -0.339. The smallest absolute Gasteiger partial charge is 0.416 e. The first-order valence-electron chi connectivity index (χ1n) is 7.66. The number of halogens is 3. The Bertz CT molecular complexity index is 897. The van der Waals surface area contributed by atoms with Crippen LogP contribution in [0, 0.1) is 0 Å². The number of nitrogens with one attached hydrogen (secondary N) is 2. The van der Waals surface area contributed by atoms with E-state index in [0.29, 0.717) is 11.3 Å². The average Bonchev–Trinajstić information content (AvgIpc) is 2.56. The molecule has 2 aromatic carbocycles. The Morgan fingerprint density at radius 1 is 1.11 bits per heavy atom. The summed E-state index contributed by atoms with van der Waals surface area (Å²) in [6, 6.07) is 10.5. The molecule has 2 N–H and O–H groups in total. The topological polar surface area (TPSA) is 84.5 Å². The zero-order valence-corrected chi connectivity index (χ0v) is 15.0. The Hall–Kier alpha value is -2.75. The third-order valence-corrected chi connectivity index (χ3v) is 3.88. The van der Waals surface area contributed by atoms with E-state index in [1.807, 2.05) is 0 Å². The van der Waals surface area contributed by atoms with E-state index in [4.69, 9.17) is 4.74 Å². The van der Waals surface area contributed by atoms with E-state index in [-0.39, 0.29) is 18.9 Å². The van der Waals surface area contributed by atoms with Crippen LogP contribution in [0.25, 0.3) is 0 Å². The van der Waals surface area contributed by atoms with Gasteiger partial charge in [0, 0.05) is 12.2 Å². The summed E-state index contributed by atoms with van der Waals surface area (Å²) in [6.45, 7) is -0.235. The quantitative estimate of drug-likeness (QED) is 0.746. The van der Waals surface area contributed by atoms with E-state index in [1.165, 1.54) is 0 Å². The molecule has 27 heavy (non-hydrogen) atoms. The molecular weight excluding hydrogens is 385 g/mol. The van der Waals surface area contributed by atoms with Crippen LogP contribution in [-0.4, -0.2) is 27.2 Å². The lowest BCUT2D eigenvalue weighted by atomic mass is 10.2. The lowest BCUT2D eigenvalue weighted by molar-refractivity contribution is -0.137. The van der Waals surface area contributed by atoms with Gasteiger partial charge in [0.15, 0.2) is 6.61 Å². The lowest BCUT2D eigenvalue weighted by Crippen LogP contribution is -2.28. The van der Waals surface area contributed by atoms with Crippen molar-refractivity contribution in [1.82, 2.24) is 5.32 Å². The molecule has 0 saturated heterocycles. The van der Waals surface area contributed by atoms with Crippen molar-refractivity contribution in [2.45, 2.75) is 12.7 Å². The van der Waals surface area contributed by atoms with Gasteiger partial charge in [-0.3, -0.25) is 9.52 Å². The summed E-state index contributed by atoms with van der Waals surface area (Å²) in [4.78, 5) is 11.8. The molecule has 0 atom stereocenters. The van der Waals surface area contributed by atoms with E-state index in [1.54, 1.807) is 24.3 Å². The van der Waals surface area contributed by atoms with Gasteiger partial charge in [-0.1, -0.05) is 12.1 Å². The van der Waals surface area contributed by atoms with Crippen molar-refractivity contribution in [1.29, 1.82) is 0 Å². The van der Waals surface area contributed by atoms with Gasteiger partial charge in [0.25, 0.3) is 5.91 Å². The van der Waals surface area contributed by atoms with Gasteiger partial charge < -0.3 is 10.1 Å². The number of ether oxygens (including phenoxy) is 1. The highest BCUT2D eigenvalue weighted by molar-refractivity contribution is 7.92. The summed E-state index contributed by atoms with van der Waals surface area (Å²) in [5, 5.41) is 2.57. The van der Waals surface area contributed by atoms with Crippen LogP contribution in [0.3, 0.4) is 0 Å². The van der Waals surface area contributed by atoms with Crippen molar-refractivity contribution >= 4 is 21.6 Å². The lowest BCUT2D eigenvalue weighted by Gasteiger charge is -2.10. The number of alkyl halides is 3. The number of benzene rings is 2. The van der Waals surface area contributed by atoms with Crippen LogP contribution < -0.4 is 14.8 Å². The number of hydrogen-bond donors (Lipinski definition) is 2. The molecule has 0 radical (unpaired) electrons. The Balaban J connectivity index is 1.84. The van der Waals surface area contributed by atoms with Crippen molar-refractivity contribution in [2.75, 3.05) is 17.6 Å². The van der Waals surface area contributed by atoms with E-state index >= 15 is 0 Å². The minimum Gasteiger partial charge on any atom is -0.484 e. The molecule has 146 valence electrons. The molecule has 0 aliphatic rings. The van der Waals surface area contributed by atoms with Crippen LogP contribution >= 0.6 is 0 Å². The minimum absolute atomic E-state index is 0.133. The second-order valence-corrected chi connectivity index (χ2v) is 7.41. The third kappa shape index (κ3) is 7.18. The Labute approximate surface area is 154 Å². The minimum atomic E-state index is -4.43. The van der Waals surface area contributed by atoms with Gasteiger partial charge in [0.05, 0.1) is 11.8 Å². The average molecular weight is 402 g/mol. The molecule has 2 rings (SSSR count). The van der Waals surface area contributed by atoms with Crippen LogP contribution in [0.15, 0.2) is 48.5 Å². The van der Waals surface area contributed by atoms with E-state index in [0.717, 1.165) is 30.5 Å². The normalized spacial score (nSPS) is 11.7. The highest BCUT2D eigenvalue weighted by Gasteiger charge is 2.30. The predicted octanol–water partition coefficient (Wildman–Crippen LogP) is 2.77. The first-order chi connectivity index (χ1) is 12.5. The molecule has 0 heterocycles. The van der Waals surface area contributed by atoms with Crippen LogP contribution in [0.1, 0.15) is 11.1 Å². The van der Waals surface area contributed by atoms with E-state index in [2.05, 4.69) is 10.0 Å². The van der Waals surface area contributed by atoms with Gasteiger partial charge in [-0.05, 0) is 42.0 Å². The molecule has 0 saturated carbocycles. The number of rotatable bonds is 7. The highest BCUT2D eigenvalue weighted by Crippen LogP contribution is 2.30. The molecule has 0 aliphatic heterocycles. The molecule has 2 aromatic rings. The maximum atomic E-state index is 12.5. The van der Waals surface area contributed by atoms with Gasteiger partial charge in [-0.25, -0.2) is 8.42 Å². The standard InChI is InChI=1S/C17H17F3N2O4S/c1-27(24,25)22-14-4-2-3-12(9-14)10-21-16(23)11-26-15-7-5-13(6-8-15)17(18,19)20/h2-9,22H,10-11H2,1H3,(H,21,23). The molecule has 0 fully saturated rings. The number of anilines is 1. The van der Waals surface area contributed by atoms with Crippen molar-refractivity contribution in [3.8, 4) is 5.75 Å². The number of carbonyl (C=O) groups is 1. The molecule has 0 spiro atoms. The molecule has 1 amide bonds. The van der Waals surface area contributed by atoms with Gasteiger partial charge in [0.2, 0.25) is 10.0 Å². The number of hydrogen-bond acceptors (Lipinski definition) is 4. The summed E-state index contributed by atoms with van der Waals surface area (Å²) < 4.78 is 67.3. The molecule has 0 unspecified atom stereocenters. The number of amides is 1. The van der Waals surface area contributed by atoms with Gasteiger partial charge in [-0.2, -0.15) is 13.2 Å². The van der Waals surface area contributed by atoms with Crippen molar-refractivity contribution < 1.29 is 31.1 Å². The monoisotopic (exact) mass is 402 g/mol. The number of carbonyl (C=O) groups excluding carboxylic acids is 1. The molecule has 10 heteroatoms. The van der Waals surface area contributed by atoms with Crippen LogP contribution in [0.5, 0.6) is 5.75 Å². The second kappa shape index (κ2) is 8.30. The fourth-order valence-electron chi connectivity index (χ4n) is 2.10. The molecule has 6 nitrogen and oxygen atoms in total. The Morgan fingerprint density at radius 2 is 1.78 bits per heavy atom. The number of sulfonamides is 1. The summed E-state index contributed by atoms with van der Waals surface area (Å²) in [7, 11) is -3.40. The molecule has 0 aliphatic carbocycles. The first-order valence-corrected chi connectivity index (χ1v) is 9.55. The van der Waals surface area contributed by atoms with Gasteiger partial charge in [-0.15, -0.1) is 0 Å². The molecular formula is C17H17F3N2O4S.